The molecule has 2 N–H and O–H groups in total. The molecule has 3 aliphatic rings. The van der Waals surface area contributed by atoms with E-state index in [1.165, 1.54) is 10.7 Å². The zero-order chi connectivity index (χ0) is 37.9. The lowest BCUT2D eigenvalue weighted by molar-refractivity contribution is -0.140. The molecule has 54 heavy (non-hydrogen) atoms. The first-order valence-corrected chi connectivity index (χ1v) is 18.8. The predicted molar refractivity (Wildman–Crippen MR) is 197 cm³/mol. The van der Waals surface area contributed by atoms with Crippen molar-refractivity contribution in [2.45, 2.75) is 70.2 Å². The number of nitrogens with zero attached hydrogens (tertiary/aromatic N) is 5. The molecule has 5 amide bonds. The fraction of sp³-hybridized carbons (Fsp3) is 0.487. The SMILES string of the molecule is CCOC(=O)N1CCN(C(=O)[C@H](CCOCc2ccccc2)NC(=O)c2cc(OCC(=O)N3CCC[C@H]3C(=O)NC3CCC3)n(-c3ccccc3)n2)CC1. The lowest BCUT2D eigenvalue weighted by Crippen LogP contribution is -2.56. The molecule has 0 unspecified atom stereocenters. The third-order valence-electron chi connectivity index (χ3n) is 9.96. The molecule has 0 radical (unpaired) electrons. The van der Waals surface area contributed by atoms with Gasteiger partial charge < -0.3 is 39.5 Å². The Labute approximate surface area is 314 Å². The van der Waals surface area contributed by atoms with E-state index in [4.69, 9.17) is 14.2 Å². The summed E-state index contributed by atoms with van der Waals surface area (Å²) >= 11 is 0. The third kappa shape index (κ3) is 9.75. The van der Waals surface area contributed by atoms with Crippen LogP contribution >= 0.6 is 0 Å². The Bertz CT molecular complexity index is 1740. The van der Waals surface area contributed by atoms with Crippen molar-refractivity contribution in [2.75, 3.05) is 52.5 Å². The molecule has 1 aromatic heterocycles. The van der Waals surface area contributed by atoms with Gasteiger partial charge in [0.05, 0.1) is 18.9 Å². The fourth-order valence-electron chi connectivity index (χ4n) is 6.74. The van der Waals surface area contributed by atoms with Crippen LogP contribution in [0.3, 0.4) is 0 Å². The first kappa shape index (κ1) is 38.3. The number of amides is 5. The molecule has 2 saturated heterocycles. The van der Waals surface area contributed by atoms with Gasteiger partial charge in [-0.05, 0) is 63.1 Å². The second kappa shape index (κ2) is 18.5. The van der Waals surface area contributed by atoms with Gasteiger partial charge in [0.2, 0.25) is 17.7 Å². The summed E-state index contributed by atoms with van der Waals surface area (Å²) in [7, 11) is 0. The van der Waals surface area contributed by atoms with Crippen LogP contribution in [0.15, 0.2) is 66.7 Å². The van der Waals surface area contributed by atoms with E-state index in [-0.39, 0.29) is 74.7 Å². The van der Waals surface area contributed by atoms with E-state index in [2.05, 4.69) is 15.7 Å². The number of hydrogen-bond acceptors (Lipinski definition) is 9. The third-order valence-corrected chi connectivity index (χ3v) is 9.96. The summed E-state index contributed by atoms with van der Waals surface area (Å²) in [5.74, 6) is -1.23. The van der Waals surface area contributed by atoms with E-state index in [1.807, 2.05) is 48.5 Å². The second-order valence-electron chi connectivity index (χ2n) is 13.6. The topological polar surface area (TPSA) is 165 Å². The van der Waals surface area contributed by atoms with Crippen molar-refractivity contribution in [3.8, 4) is 11.6 Å². The molecule has 3 fully saturated rings. The van der Waals surface area contributed by atoms with Crippen molar-refractivity contribution in [1.29, 1.82) is 0 Å². The molecule has 2 aromatic carbocycles. The smallest absolute Gasteiger partial charge is 0.409 e. The van der Waals surface area contributed by atoms with Crippen molar-refractivity contribution in [3.05, 3.63) is 78.0 Å². The maximum absolute atomic E-state index is 13.9. The van der Waals surface area contributed by atoms with Gasteiger partial charge >= 0.3 is 6.09 Å². The largest absolute Gasteiger partial charge is 0.467 e. The molecule has 3 heterocycles. The number of likely N-dealkylation sites (tertiary alicyclic amines) is 1. The zero-order valence-corrected chi connectivity index (χ0v) is 30.7. The number of ether oxygens (including phenoxy) is 3. The molecular formula is C39H49N7O8. The standard InChI is InChI=1S/C39H49N7O8/c1-2-53-39(51)44-22-20-43(21-23-44)38(50)31(18-24-52-26-28-11-5-3-6-12-28)41-36(48)32-25-35(46(42-32)30-15-7-4-8-16-30)54-27-34(47)45-19-10-17-33(45)37(49)40-29-13-9-14-29/h3-8,11-12,15-16,25,29,31,33H,2,9-10,13-14,17-24,26-27H2,1H3,(H,40,49)(H,41,48)/t31-,33-/m0/s1. The monoisotopic (exact) mass is 743 g/mol. The Morgan fingerprint density at radius 1 is 0.870 bits per heavy atom. The molecule has 2 aliphatic heterocycles. The number of para-hydroxylation sites is 1. The van der Waals surface area contributed by atoms with Gasteiger partial charge in [-0.1, -0.05) is 48.5 Å². The molecule has 15 heteroatoms. The fourth-order valence-corrected chi connectivity index (χ4v) is 6.74. The highest BCUT2D eigenvalue weighted by Gasteiger charge is 2.36. The minimum atomic E-state index is -0.951. The summed E-state index contributed by atoms with van der Waals surface area (Å²) in [6.07, 6.45) is 4.09. The van der Waals surface area contributed by atoms with Crippen LogP contribution in [0.25, 0.3) is 5.69 Å². The summed E-state index contributed by atoms with van der Waals surface area (Å²) in [4.78, 5) is 71.1. The molecule has 1 saturated carbocycles. The van der Waals surface area contributed by atoms with Crippen LogP contribution in [-0.2, 0) is 30.5 Å². The number of rotatable bonds is 15. The van der Waals surface area contributed by atoms with E-state index in [9.17, 15) is 24.0 Å². The molecule has 0 spiro atoms. The van der Waals surface area contributed by atoms with Crippen LogP contribution in [0, 0.1) is 0 Å². The summed E-state index contributed by atoms with van der Waals surface area (Å²) in [5, 5.41) is 10.4. The maximum atomic E-state index is 13.9. The van der Waals surface area contributed by atoms with Crippen LogP contribution in [0.2, 0.25) is 0 Å². The number of carbonyl (C=O) groups is 5. The lowest BCUT2D eigenvalue weighted by atomic mass is 9.93. The van der Waals surface area contributed by atoms with Gasteiger partial charge in [-0.3, -0.25) is 19.2 Å². The summed E-state index contributed by atoms with van der Waals surface area (Å²) < 4.78 is 18.4. The van der Waals surface area contributed by atoms with E-state index >= 15 is 0 Å². The maximum Gasteiger partial charge on any atom is 0.409 e. The summed E-state index contributed by atoms with van der Waals surface area (Å²) in [6.45, 7) is 3.81. The van der Waals surface area contributed by atoms with E-state index in [0.717, 1.165) is 31.2 Å². The number of nitrogens with one attached hydrogen (secondary N) is 2. The Hall–Kier alpha value is -5.44. The highest BCUT2D eigenvalue weighted by molar-refractivity contribution is 5.96. The molecule has 288 valence electrons. The summed E-state index contributed by atoms with van der Waals surface area (Å²) in [6, 6.07) is 18.8. The average Bonchev–Trinajstić information content (AvgIpc) is 3.86. The van der Waals surface area contributed by atoms with Crippen molar-refractivity contribution in [2.24, 2.45) is 0 Å². The number of carbonyl (C=O) groups excluding carboxylic acids is 5. The molecule has 2 atom stereocenters. The second-order valence-corrected chi connectivity index (χ2v) is 13.6. The van der Waals surface area contributed by atoms with Gasteiger partial charge in [-0.15, -0.1) is 0 Å². The van der Waals surface area contributed by atoms with E-state index in [0.29, 0.717) is 38.3 Å². The Balaban J connectivity index is 1.14. The predicted octanol–water partition coefficient (Wildman–Crippen LogP) is 2.92. The quantitative estimate of drug-likeness (QED) is 0.223. The van der Waals surface area contributed by atoms with E-state index < -0.39 is 24.1 Å². The number of hydrogen-bond donors (Lipinski definition) is 2. The van der Waals surface area contributed by atoms with Crippen molar-refractivity contribution < 1.29 is 38.2 Å². The van der Waals surface area contributed by atoms with Crippen LogP contribution < -0.4 is 15.4 Å². The van der Waals surface area contributed by atoms with E-state index in [1.54, 1.807) is 33.8 Å². The zero-order valence-electron chi connectivity index (χ0n) is 30.7. The van der Waals surface area contributed by atoms with Crippen LogP contribution in [0.1, 0.15) is 61.5 Å². The Kier molecular flexibility index (Phi) is 13.2. The first-order valence-electron chi connectivity index (χ1n) is 18.8. The van der Waals surface area contributed by atoms with Crippen LogP contribution in [-0.4, -0.2) is 125 Å². The number of aromatic nitrogens is 2. The lowest BCUT2D eigenvalue weighted by Gasteiger charge is -2.36. The highest BCUT2D eigenvalue weighted by Crippen LogP contribution is 2.24. The van der Waals surface area contributed by atoms with Crippen LogP contribution in [0.5, 0.6) is 5.88 Å². The molecule has 6 rings (SSSR count). The van der Waals surface area contributed by atoms with Gasteiger partial charge in [-0.25, -0.2) is 9.48 Å². The van der Waals surface area contributed by atoms with Gasteiger partial charge in [0.15, 0.2) is 12.3 Å². The molecule has 0 bridgehead atoms. The molecule has 3 aromatic rings. The molecule has 1 aliphatic carbocycles. The normalized spacial score (nSPS) is 17.7. The molecular weight excluding hydrogens is 694 g/mol. The van der Waals surface area contributed by atoms with Gasteiger partial charge in [0, 0.05) is 51.4 Å². The van der Waals surface area contributed by atoms with Gasteiger partial charge in [0.1, 0.15) is 12.1 Å². The first-order chi connectivity index (χ1) is 26.3. The van der Waals surface area contributed by atoms with Crippen LogP contribution in [0.4, 0.5) is 4.79 Å². The molecule has 15 nitrogen and oxygen atoms in total. The van der Waals surface area contributed by atoms with Gasteiger partial charge in [0.25, 0.3) is 11.8 Å². The number of benzene rings is 2. The highest BCUT2D eigenvalue weighted by atomic mass is 16.6. The minimum Gasteiger partial charge on any atom is -0.467 e. The number of piperazine rings is 1. The average molecular weight is 744 g/mol. The Morgan fingerprint density at radius 2 is 1.57 bits per heavy atom. The Morgan fingerprint density at radius 3 is 2.26 bits per heavy atom. The minimum absolute atomic E-state index is 0.0182. The van der Waals surface area contributed by atoms with Gasteiger partial charge in [-0.2, -0.15) is 5.10 Å². The van der Waals surface area contributed by atoms with Crippen molar-refractivity contribution in [1.82, 2.24) is 35.1 Å². The summed E-state index contributed by atoms with van der Waals surface area (Å²) in [5.41, 5.74) is 1.56. The van der Waals surface area contributed by atoms with Crippen molar-refractivity contribution in [3.63, 3.8) is 0 Å². The van der Waals surface area contributed by atoms with Crippen molar-refractivity contribution >= 4 is 29.7 Å².